The lowest BCUT2D eigenvalue weighted by Crippen LogP contribution is -2.42. The molecule has 0 spiro atoms. The molecule has 2 aromatic rings. The topological polar surface area (TPSA) is 59.9 Å². The summed E-state index contributed by atoms with van der Waals surface area (Å²) in [5.41, 5.74) is 3.65. The lowest BCUT2D eigenvalue weighted by Gasteiger charge is -2.24. The Morgan fingerprint density at radius 1 is 1.21 bits per heavy atom. The number of nitrogens with one attached hydrogen (secondary N) is 1. The fourth-order valence-corrected chi connectivity index (χ4v) is 2.62. The third kappa shape index (κ3) is 3.63. The second kappa shape index (κ2) is 7.11. The van der Waals surface area contributed by atoms with Gasteiger partial charge in [-0.1, -0.05) is 35.3 Å². The Morgan fingerprint density at radius 3 is 2.75 bits per heavy atom. The van der Waals surface area contributed by atoms with Crippen molar-refractivity contribution in [1.29, 1.82) is 0 Å². The van der Waals surface area contributed by atoms with Crippen LogP contribution in [-0.4, -0.2) is 24.3 Å². The van der Waals surface area contributed by atoms with Gasteiger partial charge >= 0.3 is 0 Å². The molecule has 0 radical (unpaired) electrons. The molecule has 1 aliphatic heterocycles. The van der Waals surface area contributed by atoms with E-state index in [4.69, 9.17) is 32.7 Å². The summed E-state index contributed by atoms with van der Waals surface area (Å²) in [7, 11) is 0. The van der Waals surface area contributed by atoms with E-state index in [-0.39, 0.29) is 6.61 Å². The summed E-state index contributed by atoms with van der Waals surface area (Å²) in [4.78, 5) is 12.2. The second-order valence-corrected chi connectivity index (χ2v) is 6.01. The van der Waals surface area contributed by atoms with Gasteiger partial charge in [0.05, 0.1) is 5.71 Å². The lowest BCUT2D eigenvalue weighted by atomic mass is 10.1. The Hall–Kier alpha value is -2.24. The number of halogens is 2. The highest BCUT2D eigenvalue weighted by molar-refractivity contribution is 6.36. The smallest absolute Gasteiger partial charge is 0.284 e. The molecule has 5 nitrogen and oxygen atoms in total. The summed E-state index contributed by atoms with van der Waals surface area (Å²) in [6.45, 7) is 1.85. The van der Waals surface area contributed by atoms with Crippen LogP contribution in [0.4, 0.5) is 0 Å². The largest absolute Gasteiger partial charge is 0.485 e. The van der Waals surface area contributed by atoms with E-state index in [1.807, 2.05) is 12.1 Å². The van der Waals surface area contributed by atoms with Gasteiger partial charge in [-0.25, -0.2) is 5.43 Å². The summed E-state index contributed by atoms with van der Waals surface area (Å²) >= 11 is 12.1. The monoisotopic (exact) mass is 364 g/mol. The van der Waals surface area contributed by atoms with Crippen molar-refractivity contribution in [3.8, 4) is 11.5 Å². The van der Waals surface area contributed by atoms with Crippen LogP contribution in [0.1, 0.15) is 12.5 Å². The van der Waals surface area contributed by atoms with Gasteiger partial charge in [0.2, 0.25) is 6.10 Å². The number of hydrogen-bond acceptors (Lipinski definition) is 4. The quantitative estimate of drug-likeness (QED) is 0.667. The first-order valence-corrected chi connectivity index (χ1v) is 7.98. The molecule has 7 heteroatoms. The third-order valence-electron chi connectivity index (χ3n) is 3.45. The molecule has 1 amide bonds. The number of ether oxygens (including phenoxy) is 2. The van der Waals surface area contributed by atoms with Crippen molar-refractivity contribution >= 4 is 34.8 Å². The number of nitrogens with zero attached hydrogens (tertiary/aromatic N) is 1. The van der Waals surface area contributed by atoms with Gasteiger partial charge in [-0.05, 0) is 37.3 Å². The van der Waals surface area contributed by atoms with E-state index >= 15 is 0 Å². The normalized spacial score (nSPS) is 16.6. The zero-order chi connectivity index (χ0) is 17.1. The molecule has 0 aromatic heterocycles. The zero-order valence-corrected chi connectivity index (χ0v) is 14.3. The van der Waals surface area contributed by atoms with Crippen LogP contribution >= 0.6 is 23.2 Å². The van der Waals surface area contributed by atoms with Gasteiger partial charge in [0.15, 0.2) is 11.5 Å². The summed E-state index contributed by atoms with van der Waals surface area (Å²) in [5.74, 6) is 0.747. The van der Waals surface area contributed by atoms with Crippen molar-refractivity contribution in [3.05, 3.63) is 58.1 Å². The number of rotatable bonds is 3. The van der Waals surface area contributed by atoms with E-state index in [2.05, 4.69) is 10.5 Å². The van der Waals surface area contributed by atoms with Gasteiger partial charge in [-0.15, -0.1) is 0 Å². The van der Waals surface area contributed by atoms with E-state index in [1.54, 1.807) is 37.3 Å². The minimum Gasteiger partial charge on any atom is -0.485 e. The number of hydrogen-bond donors (Lipinski definition) is 1. The Morgan fingerprint density at radius 2 is 1.96 bits per heavy atom. The molecule has 1 N–H and O–H groups in total. The number of para-hydroxylation sites is 2. The molecule has 3 rings (SSSR count). The van der Waals surface area contributed by atoms with Crippen LogP contribution in [0.2, 0.25) is 10.0 Å². The lowest BCUT2D eigenvalue weighted by molar-refractivity contribution is -0.130. The maximum absolute atomic E-state index is 12.2. The standard InChI is InChI=1S/C17H14Cl2N2O3/c1-10(12-8-11(18)6-7-13(12)19)20-21-17(22)16-9-23-14-4-2-3-5-15(14)24-16/h2-8,16H,9H2,1H3,(H,21,22)/b20-10-/t16-/m1/s1. The fraction of sp³-hybridized carbons (Fsp3) is 0.176. The van der Waals surface area contributed by atoms with Gasteiger partial charge in [0, 0.05) is 15.6 Å². The number of hydrazone groups is 1. The number of benzene rings is 2. The summed E-state index contributed by atoms with van der Waals surface area (Å²) in [6.07, 6.45) is -0.772. The Bertz CT molecular complexity index is 808. The summed E-state index contributed by atoms with van der Waals surface area (Å²) < 4.78 is 11.1. The van der Waals surface area contributed by atoms with Gasteiger partial charge in [0.25, 0.3) is 5.91 Å². The fourth-order valence-electron chi connectivity index (χ4n) is 2.19. The first-order valence-electron chi connectivity index (χ1n) is 7.22. The molecule has 0 saturated carbocycles. The van der Waals surface area contributed by atoms with Crippen molar-refractivity contribution in [2.45, 2.75) is 13.0 Å². The predicted molar refractivity (Wildman–Crippen MR) is 93.2 cm³/mol. The first-order chi connectivity index (χ1) is 11.5. The van der Waals surface area contributed by atoms with Crippen LogP contribution in [0.25, 0.3) is 0 Å². The van der Waals surface area contributed by atoms with Crippen LogP contribution in [-0.2, 0) is 4.79 Å². The molecule has 1 atom stereocenters. The highest BCUT2D eigenvalue weighted by Gasteiger charge is 2.27. The number of carbonyl (C=O) groups is 1. The van der Waals surface area contributed by atoms with Crippen LogP contribution in [0, 0.1) is 0 Å². The average molecular weight is 365 g/mol. The Labute approximate surface area is 149 Å². The Balaban J connectivity index is 1.68. The molecule has 1 aliphatic rings. The molecular formula is C17H14Cl2N2O3. The molecule has 1 heterocycles. The van der Waals surface area contributed by atoms with E-state index in [0.29, 0.717) is 32.8 Å². The maximum Gasteiger partial charge on any atom is 0.284 e. The van der Waals surface area contributed by atoms with Gasteiger partial charge in [-0.2, -0.15) is 5.10 Å². The van der Waals surface area contributed by atoms with Crippen molar-refractivity contribution in [2.24, 2.45) is 5.10 Å². The third-order valence-corrected chi connectivity index (χ3v) is 4.02. The molecule has 0 fully saturated rings. The molecule has 2 aromatic carbocycles. The highest BCUT2D eigenvalue weighted by atomic mass is 35.5. The second-order valence-electron chi connectivity index (χ2n) is 5.16. The number of carbonyl (C=O) groups excluding carboxylic acids is 1. The average Bonchev–Trinajstić information content (AvgIpc) is 2.61. The van der Waals surface area contributed by atoms with Crippen molar-refractivity contribution in [2.75, 3.05) is 6.61 Å². The SMILES string of the molecule is C/C(=N/NC(=O)[C@H]1COc2ccccc2O1)c1cc(Cl)ccc1Cl. The van der Waals surface area contributed by atoms with E-state index in [0.717, 1.165) is 0 Å². The van der Waals surface area contributed by atoms with Crippen molar-refractivity contribution < 1.29 is 14.3 Å². The van der Waals surface area contributed by atoms with E-state index in [1.165, 1.54) is 0 Å². The molecule has 24 heavy (non-hydrogen) atoms. The Kier molecular flexibility index (Phi) is 4.92. The maximum atomic E-state index is 12.2. The minimum atomic E-state index is -0.772. The van der Waals surface area contributed by atoms with Crippen LogP contribution in [0.15, 0.2) is 47.6 Å². The highest BCUT2D eigenvalue weighted by Crippen LogP contribution is 2.30. The number of fused-ring (bicyclic) bond motifs is 1. The molecular weight excluding hydrogens is 351 g/mol. The summed E-state index contributed by atoms with van der Waals surface area (Å²) in [5, 5.41) is 5.10. The first kappa shape index (κ1) is 16.6. The van der Waals surface area contributed by atoms with Gasteiger partial charge in [0.1, 0.15) is 6.61 Å². The van der Waals surface area contributed by atoms with Crippen molar-refractivity contribution in [3.63, 3.8) is 0 Å². The predicted octanol–water partition coefficient (Wildman–Crippen LogP) is 3.67. The molecule has 0 unspecified atom stereocenters. The van der Waals surface area contributed by atoms with Crippen LogP contribution < -0.4 is 14.9 Å². The summed E-state index contributed by atoms with van der Waals surface area (Å²) in [6, 6.07) is 12.2. The molecule has 124 valence electrons. The van der Waals surface area contributed by atoms with E-state index < -0.39 is 12.0 Å². The van der Waals surface area contributed by atoms with Gasteiger partial charge < -0.3 is 9.47 Å². The zero-order valence-electron chi connectivity index (χ0n) is 12.8. The minimum absolute atomic E-state index is 0.120. The van der Waals surface area contributed by atoms with Crippen LogP contribution in [0.5, 0.6) is 11.5 Å². The van der Waals surface area contributed by atoms with Crippen molar-refractivity contribution in [1.82, 2.24) is 5.43 Å². The molecule has 0 bridgehead atoms. The molecule has 0 saturated heterocycles. The molecule has 0 aliphatic carbocycles. The van der Waals surface area contributed by atoms with E-state index in [9.17, 15) is 4.79 Å². The van der Waals surface area contributed by atoms with Gasteiger partial charge in [-0.3, -0.25) is 4.79 Å². The number of amides is 1. The van der Waals surface area contributed by atoms with Crippen LogP contribution in [0.3, 0.4) is 0 Å².